The number of aliphatic carboxylic acids is 1. The van der Waals surface area contributed by atoms with E-state index in [4.69, 9.17) is 5.73 Å². The highest BCUT2D eigenvalue weighted by Gasteiger charge is 2.21. The van der Waals surface area contributed by atoms with Crippen molar-refractivity contribution in [3.8, 4) is 0 Å². The van der Waals surface area contributed by atoms with Crippen LogP contribution in [0.2, 0.25) is 0 Å². The van der Waals surface area contributed by atoms with Gasteiger partial charge in [-0.25, -0.2) is 4.79 Å². The second-order valence-electron chi connectivity index (χ2n) is 4.86. The van der Waals surface area contributed by atoms with Gasteiger partial charge in [0.05, 0.1) is 0 Å². The van der Waals surface area contributed by atoms with Gasteiger partial charge >= 0.3 is 5.97 Å². The standard InChI is InChI=1S/C15H22N2O3/c1-2-11(10-16)9-14(18)17-13(15(19)20)8-12-6-4-3-5-7-12/h3-7,11,13H,2,8-10,16H2,1H3,(H,17,18)(H,19,20)/t11?,13-/m1/s1. The maximum atomic E-state index is 11.8. The van der Waals surface area contributed by atoms with E-state index in [1.54, 1.807) is 0 Å². The molecule has 0 aromatic heterocycles. The van der Waals surface area contributed by atoms with Gasteiger partial charge < -0.3 is 16.2 Å². The van der Waals surface area contributed by atoms with Crippen molar-refractivity contribution in [2.24, 2.45) is 11.7 Å². The molecule has 1 rings (SSSR count). The lowest BCUT2D eigenvalue weighted by atomic mass is 10.0. The number of carbonyl (C=O) groups is 2. The van der Waals surface area contributed by atoms with Crippen LogP contribution >= 0.6 is 0 Å². The number of amides is 1. The Bertz CT molecular complexity index is 430. The van der Waals surface area contributed by atoms with Crippen LogP contribution in [0.4, 0.5) is 0 Å². The molecule has 20 heavy (non-hydrogen) atoms. The summed E-state index contributed by atoms with van der Waals surface area (Å²) >= 11 is 0. The summed E-state index contributed by atoms with van der Waals surface area (Å²) in [6.45, 7) is 2.39. The lowest BCUT2D eigenvalue weighted by molar-refractivity contribution is -0.141. The highest BCUT2D eigenvalue weighted by Crippen LogP contribution is 2.08. The van der Waals surface area contributed by atoms with Gasteiger partial charge in [0, 0.05) is 12.8 Å². The summed E-state index contributed by atoms with van der Waals surface area (Å²) in [5, 5.41) is 11.8. The molecular weight excluding hydrogens is 256 g/mol. The Morgan fingerprint density at radius 2 is 1.95 bits per heavy atom. The normalized spacial score (nSPS) is 13.5. The molecule has 1 aromatic rings. The molecule has 0 saturated carbocycles. The molecule has 1 aromatic carbocycles. The topological polar surface area (TPSA) is 92.4 Å². The number of nitrogens with one attached hydrogen (secondary N) is 1. The molecule has 5 heteroatoms. The minimum Gasteiger partial charge on any atom is -0.480 e. The van der Waals surface area contributed by atoms with Gasteiger partial charge in [-0.1, -0.05) is 43.7 Å². The number of carboxylic acid groups (broad SMARTS) is 1. The molecule has 0 aliphatic heterocycles. The number of rotatable bonds is 8. The first-order valence-corrected chi connectivity index (χ1v) is 6.83. The SMILES string of the molecule is CCC(CN)CC(=O)N[C@H](Cc1ccccc1)C(=O)O. The number of nitrogens with two attached hydrogens (primary N) is 1. The fraction of sp³-hybridized carbons (Fsp3) is 0.467. The third-order valence-corrected chi connectivity index (χ3v) is 3.30. The average molecular weight is 278 g/mol. The van der Waals surface area contributed by atoms with Crippen molar-refractivity contribution >= 4 is 11.9 Å². The van der Waals surface area contributed by atoms with Crippen LogP contribution in [-0.2, 0) is 16.0 Å². The van der Waals surface area contributed by atoms with Crippen molar-refractivity contribution in [1.82, 2.24) is 5.32 Å². The Kier molecular flexibility index (Phi) is 6.73. The minimum atomic E-state index is -1.02. The quantitative estimate of drug-likeness (QED) is 0.665. The fourth-order valence-electron chi connectivity index (χ4n) is 1.96. The van der Waals surface area contributed by atoms with Crippen LogP contribution in [0.15, 0.2) is 30.3 Å². The van der Waals surface area contributed by atoms with E-state index in [9.17, 15) is 14.7 Å². The van der Waals surface area contributed by atoms with E-state index in [1.807, 2.05) is 37.3 Å². The molecule has 0 spiro atoms. The van der Waals surface area contributed by atoms with Crippen LogP contribution in [0, 0.1) is 5.92 Å². The molecule has 4 N–H and O–H groups in total. The van der Waals surface area contributed by atoms with E-state index >= 15 is 0 Å². The Labute approximate surface area is 119 Å². The first-order valence-electron chi connectivity index (χ1n) is 6.83. The van der Waals surface area contributed by atoms with E-state index in [1.165, 1.54) is 0 Å². The van der Waals surface area contributed by atoms with Crippen LogP contribution in [0.1, 0.15) is 25.3 Å². The van der Waals surface area contributed by atoms with Gasteiger partial charge in [-0.05, 0) is 18.0 Å². The summed E-state index contributed by atoms with van der Waals surface area (Å²) in [6.07, 6.45) is 1.35. The van der Waals surface area contributed by atoms with Crippen molar-refractivity contribution < 1.29 is 14.7 Å². The van der Waals surface area contributed by atoms with E-state index in [-0.39, 0.29) is 24.7 Å². The Morgan fingerprint density at radius 3 is 2.45 bits per heavy atom. The number of carbonyl (C=O) groups excluding carboxylic acids is 1. The van der Waals surface area contributed by atoms with Gasteiger partial charge in [-0.15, -0.1) is 0 Å². The Balaban J connectivity index is 2.59. The lowest BCUT2D eigenvalue weighted by Crippen LogP contribution is -2.43. The van der Waals surface area contributed by atoms with Crippen LogP contribution in [0.5, 0.6) is 0 Å². The van der Waals surface area contributed by atoms with Gasteiger partial charge in [0.1, 0.15) is 6.04 Å². The summed E-state index contributed by atoms with van der Waals surface area (Å²) in [5.74, 6) is -1.19. The third-order valence-electron chi connectivity index (χ3n) is 3.30. The largest absolute Gasteiger partial charge is 0.480 e. The van der Waals surface area contributed by atoms with Gasteiger partial charge in [-0.2, -0.15) is 0 Å². The molecule has 0 aliphatic carbocycles. The number of benzene rings is 1. The predicted molar refractivity (Wildman–Crippen MR) is 77.2 cm³/mol. The van der Waals surface area contributed by atoms with Gasteiger partial charge in [0.25, 0.3) is 0 Å². The molecule has 0 heterocycles. The Hall–Kier alpha value is -1.88. The second-order valence-corrected chi connectivity index (χ2v) is 4.86. The van der Waals surface area contributed by atoms with E-state index in [0.29, 0.717) is 6.54 Å². The predicted octanol–water partition coefficient (Wildman–Crippen LogP) is 1.17. The molecule has 0 fully saturated rings. The summed E-state index contributed by atoms with van der Waals surface area (Å²) in [4.78, 5) is 23.1. The zero-order chi connectivity index (χ0) is 15.0. The molecule has 2 atom stereocenters. The molecule has 1 amide bonds. The van der Waals surface area contributed by atoms with Crippen molar-refractivity contribution in [1.29, 1.82) is 0 Å². The summed E-state index contributed by atoms with van der Waals surface area (Å²) in [5.41, 5.74) is 6.43. The molecule has 0 radical (unpaired) electrons. The van der Waals surface area contributed by atoms with Gasteiger partial charge in [0.15, 0.2) is 0 Å². The molecule has 0 aliphatic rings. The van der Waals surface area contributed by atoms with E-state index < -0.39 is 12.0 Å². The number of hydrogen-bond donors (Lipinski definition) is 3. The lowest BCUT2D eigenvalue weighted by Gasteiger charge is -2.17. The molecule has 0 bridgehead atoms. The molecular formula is C15H22N2O3. The molecule has 110 valence electrons. The van der Waals surface area contributed by atoms with Crippen molar-refractivity contribution in [3.05, 3.63) is 35.9 Å². The van der Waals surface area contributed by atoms with Gasteiger partial charge in [0.2, 0.25) is 5.91 Å². The van der Waals surface area contributed by atoms with Gasteiger partial charge in [-0.3, -0.25) is 4.79 Å². The smallest absolute Gasteiger partial charge is 0.326 e. The average Bonchev–Trinajstić information content (AvgIpc) is 2.45. The fourth-order valence-corrected chi connectivity index (χ4v) is 1.96. The van der Waals surface area contributed by atoms with Crippen molar-refractivity contribution in [2.45, 2.75) is 32.2 Å². The van der Waals surface area contributed by atoms with E-state index in [2.05, 4.69) is 5.32 Å². The monoisotopic (exact) mass is 278 g/mol. The number of carboxylic acids is 1. The summed E-state index contributed by atoms with van der Waals surface area (Å²) < 4.78 is 0. The van der Waals surface area contributed by atoms with Crippen molar-refractivity contribution in [3.63, 3.8) is 0 Å². The minimum absolute atomic E-state index is 0.0983. The van der Waals surface area contributed by atoms with Crippen LogP contribution < -0.4 is 11.1 Å². The van der Waals surface area contributed by atoms with Crippen LogP contribution in [0.25, 0.3) is 0 Å². The van der Waals surface area contributed by atoms with Crippen LogP contribution in [-0.4, -0.2) is 29.6 Å². The zero-order valence-electron chi connectivity index (χ0n) is 11.7. The third kappa shape index (κ3) is 5.40. The first-order chi connectivity index (χ1) is 9.56. The Morgan fingerprint density at radius 1 is 1.30 bits per heavy atom. The van der Waals surface area contributed by atoms with Crippen molar-refractivity contribution in [2.75, 3.05) is 6.54 Å². The number of hydrogen-bond acceptors (Lipinski definition) is 3. The zero-order valence-corrected chi connectivity index (χ0v) is 11.7. The molecule has 5 nitrogen and oxygen atoms in total. The maximum absolute atomic E-state index is 11.8. The molecule has 1 unspecified atom stereocenters. The summed E-state index contributed by atoms with van der Waals surface area (Å²) in [7, 11) is 0. The van der Waals surface area contributed by atoms with Crippen LogP contribution in [0.3, 0.4) is 0 Å². The highest BCUT2D eigenvalue weighted by atomic mass is 16.4. The maximum Gasteiger partial charge on any atom is 0.326 e. The molecule has 0 saturated heterocycles. The van der Waals surface area contributed by atoms with E-state index in [0.717, 1.165) is 12.0 Å². The second kappa shape index (κ2) is 8.32. The first kappa shape index (κ1) is 16.2. The highest BCUT2D eigenvalue weighted by molar-refractivity contribution is 5.83. The summed E-state index contributed by atoms with van der Waals surface area (Å²) in [6, 6.07) is 8.34.